The quantitative estimate of drug-likeness (QED) is 0.646. The van der Waals surface area contributed by atoms with Gasteiger partial charge in [0.2, 0.25) is 0 Å². The van der Waals surface area contributed by atoms with Crippen LogP contribution in [0.1, 0.15) is 66.2 Å². The summed E-state index contributed by atoms with van der Waals surface area (Å²) in [5.41, 5.74) is 1.99. The molecular formula is C21H29N3O4. The number of nitrogens with zero attached hydrogens (tertiary/aromatic N) is 3. The molecule has 3 rings (SSSR count). The summed E-state index contributed by atoms with van der Waals surface area (Å²) in [5, 5.41) is 4.09. The van der Waals surface area contributed by atoms with Crippen molar-refractivity contribution in [3.8, 4) is 0 Å². The van der Waals surface area contributed by atoms with Crippen molar-refractivity contribution in [3.63, 3.8) is 0 Å². The number of hydrogen-bond acceptors (Lipinski definition) is 6. The van der Waals surface area contributed by atoms with Gasteiger partial charge in [-0.15, -0.1) is 0 Å². The SMILES string of the molecule is COCCOCc1nc(C2CCN(C(=O)c3ccc(C(C)C)cc3)CC2)no1. The second-order valence-electron chi connectivity index (χ2n) is 7.43. The molecule has 0 aliphatic carbocycles. The minimum atomic E-state index is 0.0918. The second kappa shape index (κ2) is 9.80. The van der Waals surface area contributed by atoms with Gasteiger partial charge in [-0.3, -0.25) is 4.79 Å². The zero-order chi connectivity index (χ0) is 19.9. The lowest BCUT2D eigenvalue weighted by Gasteiger charge is -2.30. The van der Waals surface area contributed by atoms with Gasteiger partial charge < -0.3 is 18.9 Å². The molecule has 0 saturated carbocycles. The lowest BCUT2D eigenvalue weighted by atomic mass is 9.95. The largest absolute Gasteiger partial charge is 0.382 e. The molecule has 7 heteroatoms. The van der Waals surface area contributed by atoms with Crippen molar-refractivity contribution in [3.05, 3.63) is 47.1 Å². The van der Waals surface area contributed by atoms with Crippen molar-refractivity contribution in [2.45, 2.75) is 45.1 Å². The molecule has 1 saturated heterocycles. The molecule has 7 nitrogen and oxygen atoms in total. The van der Waals surface area contributed by atoms with E-state index in [1.807, 2.05) is 29.2 Å². The predicted molar refractivity (Wildman–Crippen MR) is 104 cm³/mol. The fourth-order valence-corrected chi connectivity index (χ4v) is 3.33. The number of benzene rings is 1. The number of likely N-dealkylation sites (tertiary alicyclic amines) is 1. The molecule has 152 valence electrons. The number of rotatable bonds is 8. The van der Waals surface area contributed by atoms with Gasteiger partial charge in [-0.1, -0.05) is 31.1 Å². The molecule has 1 amide bonds. The lowest BCUT2D eigenvalue weighted by molar-refractivity contribution is 0.0494. The highest BCUT2D eigenvalue weighted by atomic mass is 16.5. The zero-order valence-corrected chi connectivity index (χ0v) is 16.9. The Morgan fingerprint density at radius 2 is 1.93 bits per heavy atom. The highest BCUT2D eigenvalue weighted by Gasteiger charge is 2.27. The van der Waals surface area contributed by atoms with Crippen molar-refractivity contribution in [2.24, 2.45) is 0 Å². The number of ether oxygens (including phenoxy) is 2. The van der Waals surface area contributed by atoms with Crippen molar-refractivity contribution in [1.82, 2.24) is 15.0 Å². The number of hydrogen-bond donors (Lipinski definition) is 0. The predicted octanol–water partition coefficient (Wildman–Crippen LogP) is 3.38. The summed E-state index contributed by atoms with van der Waals surface area (Å²) in [6, 6.07) is 7.94. The lowest BCUT2D eigenvalue weighted by Crippen LogP contribution is -2.38. The average molecular weight is 387 g/mol. The van der Waals surface area contributed by atoms with Crippen LogP contribution in [0.3, 0.4) is 0 Å². The Balaban J connectivity index is 1.50. The highest BCUT2D eigenvalue weighted by molar-refractivity contribution is 5.94. The first kappa shape index (κ1) is 20.5. The number of methoxy groups -OCH3 is 1. The minimum absolute atomic E-state index is 0.0918. The van der Waals surface area contributed by atoms with E-state index in [1.54, 1.807) is 7.11 Å². The summed E-state index contributed by atoms with van der Waals surface area (Å²) in [4.78, 5) is 19.1. The highest BCUT2D eigenvalue weighted by Crippen LogP contribution is 2.27. The standard InChI is InChI=1S/C21H29N3O4/c1-15(2)16-4-6-18(7-5-16)21(25)24-10-8-17(9-11-24)20-22-19(28-23-20)14-27-13-12-26-3/h4-7,15,17H,8-14H2,1-3H3. The zero-order valence-electron chi connectivity index (χ0n) is 16.9. The Labute approximate surface area is 166 Å². The first-order chi connectivity index (χ1) is 13.6. The maximum atomic E-state index is 12.7. The van der Waals surface area contributed by atoms with Gasteiger partial charge in [0.05, 0.1) is 13.2 Å². The van der Waals surface area contributed by atoms with Crippen LogP contribution in [0, 0.1) is 0 Å². The molecule has 1 aromatic heterocycles. The van der Waals surface area contributed by atoms with Gasteiger partial charge in [0.25, 0.3) is 11.8 Å². The monoisotopic (exact) mass is 387 g/mol. The second-order valence-corrected chi connectivity index (χ2v) is 7.43. The number of aromatic nitrogens is 2. The Morgan fingerprint density at radius 1 is 1.21 bits per heavy atom. The molecule has 1 aliphatic rings. The van der Waals surface area contributed by atoms with Crippen LogP contribution in [0.5, 0.6) is 0 Å². The fraction of sp³-hybridized carbons (Fsp3) is 0.571. The molecule has 28 heavy (non-hydrogen) atoms. The van der Waals surface area contributed by atoms with Crippen LogP contribution >= 0.6 is 0 Å². The molecule has 2 heterocycles. The molecule has 2 aromatic rings. The van der Waals surface area contributed by atoms with Crippen LogP contribution in [-0.2, 0) is 16.1 Å². The third-order valence-corrected chi connectivity index (χ3v) is 5.11. The summed E-state index contributed by atoms with van der Waals surface area (Å²) < 4.78 is 15.6. The number of amides is 1. The van der Waals surface area contributed by atoms with E-state index in [9.17, 15) is 4.79 Å². The Bertz CT molecular complexity index is 749. The van der Waals surface area contributed by atoms with E-state index in [4.69, 9.17) is 14.0 Å². The maximum Gasteiger partial charge on any atom is 0.253 e. The van der Waals surface area contributed by atoms with Crippen LogP contribution in [0.4, 0.5) is 0 Å². The number of carbonyl (C=O) groups is 1. The molecule has 0 spiro atoms. The van der Waals surface area contributed by atoms with Crippen molar-refractivity contribution in [1.29, 1.82) is 0 Å². The fourth-order valence-electron chi connectivity index (χ4n) is 3.33. The summed E-state index contributed by atoms with van der Waals surface area (Å²) in [7, 11) is 1.63. The molecule has 1 aliphatic heterocycles. The Morgan fingerprint density at radius 3 is 2.57 bits per heavy atom. The Kier molecular flexibility index (Phi) is 7.17. The van der Waals surface area contributed by atoms with Gasteiger partial charge in [0.1, 0.15) is 6.61 Å². The van der Waals surface area contributed by atoms with E-state index in [0.717, 1.165) is 18.4 Å². The van der Waals surface area contributed by atoms with E-state index in [0.29, 0.717) is 50.5 Å². The van der Waals surface area contributed by atoms with Crippen molar-refractivity contribution in [2.75, 3.05) is 33.4 Å². The van der Waals surface area contributed by atoms with Crippen LogP contribution in [0.2, 0.25) is 0 Å². The summed E-state index contributed by atoms with van der Waals surface area (Å²) in [6.07, 6.45) is 1.67. The summed E-state index contributed by atoms with van der Waals surface area (Å²) >= 11 is 0. The molecule has 1 fully saturated rings. The molecule has 0 bridgehead atoms. The first-order valence-corrected chi connectivity index (χ1v) is 9.87. The van der Waals surface area contributed by atoms with Crippen LogP contribution in [0.25, 0.3) is 0 Å². The summed E-state index contributed by atoms with van der Waals surface area (Å²) in [5.74, 6) is 1.96. The van der Waals surface area contributed by atoms with Crippen molar-refractivity contribution < 1.29 is 18.8 Å². The summed E-state index contributed by atoms with van der Waals surface area (Å²) in [6.45, 7) is 7.02. The van der Waals surface area contributed by atoms with Crippen molar-refractivity contribution >= 4 is 5.91 Å². The molecule has 0 unspecified atom stereocenters. The van der Waals surface area contributed by atoms with E-state index in [-0.39, 0.29) is 11.8 Å². The number of carbonyl (C=O) groups excluding carboxylic acids is 1. The maximum absolute atomic E-state index is 12.7. The van der Waals surface area contributed by atoms with Gasteiger partial charge in [-0.2, -0.15) is 4.98 Å². The molecular weight excluding hydrogens is 358 g/mol. The van der Waals surface area contributed by atoms with Gasteiger partial charge in [-0.25, -0.2) is 0 Å². The molecule has 0 N–H and O–H groups in total. The van der Waals surface area contributed by atoms with Gasteiger partial charge in [-0.05, 0) is 36.5 Å². The van der Waals surface area contributed by atoms with Crippen LogP contribution in [-0.4, -0.2) is 54.4 Å². The number of piperidine rings is 1. The normalized spacial score (nSPS) is 15.4. The molecule has 1 aromatic carbocycles. The van der Waals surface area contributed by atoms with E-state index in [1.165, 1.54) is 5.56 Å². The molecule has 0 atom stereocenters. The van der Waals surface area contributed by atoms with Gasteiger partial charge >= 0.3 is 0 Å². The topological polar surface area (TPSA) is 77.7 Å². The third kappa shape index (κ3) is 5.17. The van der Waals surface area contributed by atoms with Crippen LogP contribution in [0.15, 0.2) is 28.8 Å². The first-order valence-electron chi connectivity index (χ1n) is 9.87. The Hall–Kier alpha value is -2.25. The smallest absolute Gasteiger partial charge is 0.253 e. The van der Waals surface area contributed by atoms with Crippen LogP contribution < -0.4 is 0 Å². The molecule has 0 radical (unpaired) electrons. The average Bonchev–Trinajstić information content (AvgIpc) is 3.20. The van der Waals surface area contributed by atoms with E-state index < -0.39 is 0 Å². The minimum Gasteiger partial charge on any atom is -0.382 e. The third-order valence-electron chi connectivity index (χ3n) is 5.11. The van der Waals surface area contributed by atoms with Gasteiger partial charge in [0.15, 0.2) is 5.82 Å². The van der Waals surface area contributed by atoms with E-state index >= 15 is 0 Å². The van der Waals surface area contributed by atoms with E-state index in [2.05, 4.69) is 24.0 Å². The van der Waals surface area contributed by atoms with Gasteiger partial charge in [0, 0.05) is 31.7 Å².